The van der Waals surface area contributed by atoms with Crippen LogP contribution in [0, 0.1) is 5.82 Å². The molecule has 1 aliphatic heterocycles. The van der Waals surface area contributed by atoms with Crippen molar-refractivity contribution in [3.05, 3.63) is 53.6 Å². The number of carbonyl (C=O) groups is 2. The van der Waals surface area contributed by atoms with Crippen molar-refractivity contribution in [3.63, 3.8) is 0 Å². The number of alkyl carbamates (subject to hydrolysis) is 1. The minimum Gasteiger partial charge on any atom is -0.443 e. The molecule has 1 aromatic carbocycles. The van der Waals surface area contributed by atoms with Crippen molar-refractivity contribution in [1.82, 2.24) is 9.88 Å². The smallest absolute Gasteiger partial charge is 0.407 e. The summed E-state index contributed by atoms with van der Waals surface area (Å²) in [6.07, 6.45) is 3.38. The molecule has 1 fully saturated rings. The van der Waals surface area contributed by atoms with E-state index in [0.717, 1.165) is 5.56 Å². The number of benzene rings is 1. The molecule has 1 saturated heterocycles. The van der Waals surface area contributed by atoms with Crippen LogP contribution in [0.4, 0.5) is 9.18 Å². The quantitative estimate of drug-likeness (QED) is 0.589. The molecular weight excluding hydrogens is 355 g/mol. The maximum atomic E-state index is 14.8. The Morgan fingerprint density at radius 2 is 2.30 bits per heavy atom. The molecule has 3 N–H and O–H groups in total. The van der Waals surface area contributed by atoms with E-state index in [1.165, 1.54) is 32.4 Å². The first-order chi connectivity index (χ1) is 12.9. The predicted octanol–water partition coefficient (Wildman–Crippen LogP) is 1.45. The number of amides is 2. The Kier molecular flexibility index (Phi) is 4.85. The van der Waals surface area contributed by atoms with E-state index in [1.807, 2.05) is 0 Å². The Morgan fingerprint density at radius 3 is 2.89 bits per heavy atom. The summed E-state index contributed by atoms with van der Waals surface area (Å²) in [6.45, 7) is 1.64. The average molecular weight is 374 g/mol. The number of primary amides is 1. The molecule has 8 nitrogen and oxygen atoms in total. The molecule has 9 heteroatoms. The monoisotopic (exact) mass is 374 g/mol. The number of nitrogens with one attached hydrogen (secondary N) is 1. The molecule has 2 atom stereocenters. The normalized spacial score (nSPS) is 18.8. The fraction of sp³-hybridized carbons (Fsp3) is 0.278. The van der Waals surface area contributed by atoms with Gasteiger partial charge in [-0.3, -0.25) is 4.79 Å². The molecule has 2 heterocycles. The molecule has 1 aliphatic rings. The summed E-state index contributed by atoms with van der Waals surface area (Å²) in [7, 11) is 1.43. The van der Waals surface area contributed by atoms with Gasteiger partial charge in [-0.15, -0.1) is 0 Å². The van der Waals surface area contributed by atoms with Crippen molar-refractivity contribution in [1.29, 1.82) is 0 Å². The molecule has 0 saturated carbocycles. The Bertz CT molecular complexity index is 911. The van der Waals surface area contributed by atoms with Gasteiger partial charge in [-0.2, -0.15) is 0 Å². The minimum atomic E-state index is -1.37. The third-order valence-electron chi connectivity index (χ3n) is 4.69. The van der Waals surface area contributed by atoms with E-state index in [2.05, 4.69) is 15.3 Å². The Hall–Kier alpha value is -3.36. The number of rotatable bonds is 6. The molecule has 142 valence electrons. The second kappa shape index (κ2) is 7.10. The maximum absolute atomic E-state index is 14.8. The Labute approximate surface area is 154 Å². The lowest BCUT2D eigenvalue weighted by atomic mass is 9.76. The van der Waals surface area contributed by atoms with Crippen molar-refractivity contribution >= 4 is 18.2 Å². The summed E-state index contributed by atoms with van der Waals surface area (Å²) in [4.78, 5) is 28.1. The van der Waals surface area contributed by atoms with Gasteiger partial charge in [0.15, 0.2) is 0 Å². The van der Waals surface area contributed by atoms with Crippen LogP contribution in [-0.4, -0.2) is 42.5 Å². The SMILES string of the molecule is CON=Cc1ccn(-c2ccc(C(C)(C(N)=O)C3CNC(=O)O3)cc2F)c1. The standard InChI is InChI=1S/C18H19FN4O4/c1-18(16(20)24,15-9-21-17(25)27-15)12-3-4-14(13(19)7-12)23-6-5-11(10-23)8-22-26-2/h3-8,10,15H,9H2,1-2H3,(H2,20,24)(H,21,25). The second-order valence-electron chi connectivity index (χ2n) is 6.28. The van der Waals surface area contributed by atoms with Crippen LogP contribution >= 0.6 is 0 Å². The number of hydrogen-bond donors (Lipinski definition) is 2. The van der Waals surface area contributed by atoms with Crippen LogP contribution in [0.3, 0.4) is 0 Å². The summed E-state index contributed by atoms with van der Waals surface area (Å²) in [5, 5.41) is 6.14. The summed E-state index contributed by atoms with van der Waals surface area (Å²) in [6, 6.07) is 6.10. The largest absolute Gasteiger partial charge is 0.443 e. The first kappa shape index (κ1) is 18.4. The van der Waals surface area contributed by atoms with Crippen LogP contribution in [0.2, 0.25) is 0 Å². The summed E-state index contributed by atoms with van der Waals surface area (Å²) in [5.74, 6) is -1.27. The Balaban J connectivity index is 1.95. The number of carbonyl (C=O) groups excluding carboxylic acids is 2. The van der Waals surface area contributed by atoms with E-state index in [9.17, 15) is 14.0 Å². The number of aromatic nitrogens is 1. The van der Waals surface area contributed by atoms with Gasteiger partial charge in [0.25, 0.3) is 0 Å². The van der Waals surface area contributed by atoms with Gasteiger partial charge in [-0.1, -0.05) is 11.2 Å². The van der Waals surface area contributed by atoms with Crippen molar-refractivity contribution in [2.75, 3.05) is 13.7 Å². The number of cyclic esters (lactones) is 1. The van der Waals surface area contributed by atoms with E-state index >= 15 is 0 Å². The van der Waals surface area contributed by atoms with Gasteiger partial charge in [0, 0.05) is 18.0 Å². The lowest BCUT2D eigenvalue weighted by molar-refractivity contribution is -0.126. The number of hydrogen-bond acceptors (Lipinski definition) is 5. The molecule has 0 bridgehead atoms. The van der Waals surface area contributed by atoms with Gasteiger partial charge in [0.2, 0.25) is 5.91 Å². The maximum Gasteiger partial charge on any atom is 0.407 e. The highest BCUT2D eigenvalue weighted by Crippen LogP contribution is 2.33. The fourth-order valence-corrected chi connectivity index (χ4v) is 2.99. The molecule has 2 aromatic rings. The summed E-state index contributed by atoms with van der Waals surface area (Å²) < 4.78 is 21.5. The van der Waals surface area contributed by atoms with Gasteiger partial charge < -0.3 is 25.2 Å². The molecule has 27 heavy (non-hydrogen) atoms. The van der Waals surface area contributed by atoms with Gasteiger partial charge in [-0.05, 0) is 30.7 Å². The number of nitrogens with two attached hydrogens (primary N) is 1. The zero-order chi connectivity index (χ0) is 19.6. The van der Waals surface area contributed by atoms with Crippen LogP contribution in [-0.2, 0) is 19.8 Å². The van der Waals surface area contributed by atoms with Gasteiger partial charge in [0.1, 0.15) is 24.4 Å². The van der Waals surface area contributed by atoms with Crippen LogP contribution < -0.4 is 11.1 Å². The third-order valence-corrected chi connectivity index (χ3v) is 4.69. The lowest BCUT2D eigenvalue weighted by Crippen LogP contribution is -2.49. The van der Waals surface area contributed by atoms with Crippen LogP contribution in [0.1, 0.15) is 18.1 Å². The fourth-order valence-electron chi connectivity index (χ4n) is 2.99. The van der Waals surface area contributed by atoms with E-state index in [0.29, 0.717) is 5.56 Å². The van der Waals surface area contributed by atoms with E-state index in [1.54, 1.807) is 29.1 Å². The zero-order valence-electron chi connectivity index (χ0n) is 14.8. The second-order valence-corrected chi connectivity index (χ2v) is 6.28. The van der Waals surface area contributed by atoms with Gasteiger partial charge >= 0.3 is 6.09 Å². The zero-order valence-corrected chi connectivity index (χ0v) is 14.8. The van der Waals surface area contributed by atoms with Crippen LogP contribution in [0.25, 0.3) is 5.69 Å². The minimum absolute atomic E-state index is 0.113. The first-order valence-corrected chi connectivity index (χ1v) is 8.15. The topological polar surface area (TPSA) is 108 Å². The molecule has 0 spiro atoms. The number of ether oxygens (including phenoxy) is 1. The number of oxime groups is 1. The van der Waals surface area contributed by atoms with Crippen molar-refractivity contribution in [2.45, 2.75) is 18.4 Å². The highest BCUT2D eigenvalue weighted by molar-refractivity contribution is 5.88. The molecule has 0 aliphatic carbocycles. The van der Waals surface area contributed by atoms with Crippen molar-refractivity contribution in [3.8, 4) is 5.69 Å². The molecule has 0 radical (unpaired) electrons. The van der Waals surface area contributed by atoms with Gasteiger partial charge in [-0.25, -0.2) is 9.18 Å². The lowest BCUT2D eigenvalue weighted by Gasteiger charge is -2.31. The Morgan fingerprint density at radius 1 is 1.52 bits per heavy atom. The summed E-state index contributed by atoms with van der Waals surface area (Å²) in [5.41, 5.74) is 5.53. The first-order valence-electron chi connectivity index (χ1n) is 8.15. The van der Waals surface area contributed by atoms with Crippen LogP contribution in [0.15, 0.2) is 41.8 Å². The predicted molar refractivity (Wildman–Crippen MR) is 95.1 cm³/mol. The van der Waals surface area contributed by atoms with Gasteiger partial charge in [0.05, 0.1) is 18.4 Å². The molecule has 3 rings (SSSR count). The molecule has 2 unspecified atom stereocenters. The van der Waals surface area contributed by atoms with E-state index in [4.69, 9.17) is 10.5 Å². The number of halogens is 1. The average Bonchev–Trinajstić information content (AvgIpc) is 3.28. The van der Waals surface area contributed by atoms with E-state index < -0.39 is 29.3 Å². The summed E-state index contributed by atoms with van der Waals surface area (Å²) >= 11 is 0. The highest BCUT2D eigenvalue weighted by Gasteiger charge is 2.47. The van der Waals surface area contributed by atoms with E-state index in [-0.39, 0.29) is 12.2 Å². The highest BCUT2D eigenvalue weighted by atomic mass is 19.1. The molecule has 1 aromatic heterocycles. The third kappa shape index (κ3) is 3.35. The van der Waals surface area contributed by atoms with Crippen molar-refractivity contribution in [2.24, 2.45) is 10.9 Å². The van der Waals surface area contributed by atoms with Crippen molar-refractivity contribution < 1.29 is 23.6 Å². The molecule has 2 amide bonds. The molecular formula is C18H19FN4O4. The van der Waals surface area contributed by atoms with Crippen LogP contribution in [0.5, 0.6) is 0 Å². The number of nitrogens with zero attached hydrogens (tertiary/aromatic N) is 2.